The number of anilines is 1. The first-order valence-electron chi connectivity index (χ1n) is 9.04. The van der Waals surface area contributed by atoms with Crippen molar-refractivity contribution < 1.29 is 14.6 Å². The number of hydrogen-bond donors (Lipinski definition) is 2. The van der Waals surface area contributed by atoms with Crippen molar-refractivity contribution >= 4 is 22.9 Å². The monoisotopic (exact) mass is 358 g/mol. The molecule has 3 fully saturated rings. The highest BCUT2D eigenvalue weighted by Crippen LogP contribution is 2.39. The summed E-state index contributed by atoms with van der Waals surface area (Å²) in [6.07, 6.45) is 5.42. The van der Waals surface area contributed by atoms with E-state index >= 15 is 0 Å². The molecule has 138 valence electrons. The topological polar surface area (TPSA) is 105 Å². The number of aromatic nitrogens is 4. The van der Waals surface area contributed by atoms with Crippen molar-refractivity contribution in [2.24, 2.45) is 5.41 Å². The summed E-state index contributed by atoms with van der Waals surface area (Å²) >= 11 is 0. The van der Waals surface area contributed by atoms with Gasteiger partial charge in [-0.3, -0.25) is 4.79 Å². The number of carbonyl (C=O) groups excluding carboxylic acids is 1. The summed E-state index contributed by atoms with van der Waals surface area (Å²) in [5, 5.41) is 13.6. The largest absolute Gasteiger partial charge is 0.386 e. The fourth-order valence-corrected chi connectivity index (χ4v) is 4.41. The van der Waals surface area contributed by atoms with E-state index in [9.17, 15) is 9.90 Å². The molecular weight excluding hydrogens is 336 g/mol. The molecule has 2 aromatic heterocycles. The second kappa shape index (κ2) is 5.62. The molecule has 2 unspecified atom stereocenters. The Bertz CT molecular complexity index is 861. The minimum Gasteiger partial charge on any atom is -0.386 e. The van der Waals surface area contributed by atoms with Crippen molar-refractivity contribution in [1.29, 1.82) is 0 Å². The first-order chi connectivity index (χ1) is 12.6. The predicted molar refractivity (Wildman–Crippen MR) is 92.6 cm³/mol. The molecule has 0 bridgehead atoms. The van der Waals surface area contributed by atoms with Crippen LogP contribution in [-0.4, -0.2) is 69.0 Å². The first kappa shape index (κ1) is 16.0. The Balaban J connectivity index is 1.44. The Morgan fingerprint density at radius 1 is 1.31 bits per heavy atom. The third-order valence-corrected chi connectivity index (χ3v) is 5.86. The van der Waals surface area contributed by atoms with Gasteiger partial charge in [-0.2, -0.15) is 0 Å². The Morgan fingerprint density at radius 3 is 3.00 bits per heavy atom. The second-order valence-electron chi connectivity index (χ2n) is 7.89. The van der Waals surface area contributed by atoms with Crippen LogP contribution < -0.4 is 10.2 Å². The molecule has 3 aliphatic rings. The zero-order valence-corrected chi connectivity index (χ0v) is 14.5. The van der Waals surface area contributed by atoms with Gasteiger partial charge < -0.3 is 24.6 Å². The molecule has 2 aromatic rings. The Labute approximate surface area is 150 Å². The number of nitrogens with one attached hydrogen (secondary N) is 1. The van der Waals surface area contributed by atoms with Crippen molar-refractivity contribution in [2.45, 2.75) is 31.4 Å². The number of rotatable bonds is 3. The van der Waals surface area contributed by atoms with E-state index in [1.165, 1.54) is 0 Å². The summed E-state index contributed by atoms with van der Waals surface area (Å²) in [5.74, 6) is 0.940. The van der Waals surface area contributed by atoms with Gasteiger partial charge in [0.05, 0.1) is 19.5 Å². The molecule has 3 saturated heterocycles. The number of ether oxygens (including phenoxy) is 1. The third-order valence-electron chi connectivity index (χ3n) is 5.86. The van der Waals surface area contributed by atoms with Crippen molar-refractivity contribution in [3.05, 3.63) is 12.7 Å². The van der Waals surface area contributed by atoms with Crippen LogP contribution in [0.5, 0.6) is 0 Å². The van der Waals surface area contributed by atoms with Crippen LogP contribution >= 0.6 is 0 Å². The average molecular weight is 358 g/mol. The SMILES string of the molecule is O=C1CC2(CCN(c3ncnc4c3ncn4CC3(O)CCOC3)C2)CN1. The molecular formula is C17H22N6O3. The fourth-order valence-electron chi connectivity index (χ4n) is 4.41. The molecule has 1 spiro atoms. The smallest absolute Gasteiger partial charge is 0.220 e. The number of amides is 1. The lowest BCUT2D eigenvalue weighted by molar-refractivity contribution is -0.119. The van der Waals surface area contributed by atoms with Gasteiger partial charge in [-0.25, -0.2) is 15.0 Å². The first-order valence-corrected chi connectivity index (χ1v) is 9.04. The van der Waals surface area contributed by atoms with Crippen LogP contribution in [0.4, 0.5) is 5.82 Å². The van der Waals surface area contributed by atoms with Crippen LogP contribution in [0.2, 0.25) is 0 Å². The lowest BCUT2D eigenvalue weighted by atomic mass is 9.86. The van der Waals surface area contributed by atoms with E-state index in [2.05, 4.69) is 25.2 Å². The minimum atomic E-state index is -0.869. The molecule has 26 heavy (non-hydrogen) atoms. The van der Waals surface area contributed by atoms with Crippen LogP contribution in [-0.2, 0) is 16.1 Å². The van der Waals surface area contributed by atoms with E-state index in [0.717, 1.165) is 43.0 Å². The van der Waals surface area contributed by atoms with E-state index in [0.29, 0.717) is 32.6 Å². The van der Waals surface area contributed by atoms with Gasteiger partial charge in [-0.05, 0) is 6.42 Å². The quantitative estimate of drug-likeness (QED) is 0.776. The highest BCUT2D eigenvalue weighted by atomic mass is 16.5. The van der Waals surface area contributed by atoms with E-state index in [1.54, 1.807) is 12.7 Å². The van der Waals surface area contributed by atoms with Gasteiger partial charge in [0.15, 0.2) is 17.0 Å². The molecule has 0 saturated carbocycles. The highest BCUT2D eigenvalue weighted by molar-refractivity contribution is 5.84. The number of hydrogen-bond acceptors (Lipinski definition) is 7. The predicted octanol–water partition coefficient (Wildman–Crippen LogP) is -0.306. The number of imidazole rings is 1. The van der Waals surface area contributed by atoms with E-state index in [1.807, 2.05) is 4.57 Å². The number of fused-ring (bicyclic) bond motifs is 1. The normalized spacial score (nSPS) is 31.4. The maximum absolute atomic E-state index is 11.7. The molecule has 2 N–H and O–H groups in total. The minimum absolute atomic E-state index is 0.00721. The molecule has 3 aliphatic heterocycles. The van der Waals surface area contributed by atoms with Crippen LogP contribution in [0.1, 0.15) is 19.3 Å². The average Bonchev–Trinajstić information content (AvgIpc) is 3.39. The van der Waals surface area contributed by atoms with E-state index in [4.69, 9.17) is 4.74 Å². The Kier molecular flexibility index (Phi) is 3.45. The molecule has 5 heterocycles. The van der Waals surface area contributed by atoms with E-state index in [-0.39, 0.29) is 11.3 Å². The summed E-state index contributed by atoms with van der Waals surface area (Å²) in [4.78, 5) is 27.2. The standard InChI is InChI=1S/C17H22N6O3/c24-12-5-16(6-18-12)1-3-22(7-16)14-13-15(20-10-19-14)23(11-21-13)8-17(25)2-4-26-9-17/h10-11,25H,1-9H2,(H,18,24). The molecule has 5 rings (SSSR count). The summed E-state index contributed by atoms with van der Waals surface area (Å²) in [5.41, 5.74) is 0.598. The van der Waals surface area contributed by atoms with Crippen molar-refractivity contribution in [3.63, 3.8) is 0 Å². The third kappa shape index (κ3) is 2.53. The summed E-state index contributed by atoms with van der Waals surface area (Å²) in [6, 6.07) is 0. The van der Waals surface area contributed by atoms with Crippen molar-refractivity contribution in [1.82, 2.24) is 24.8 Å². The number of carbonyl (C=O) groups is 1. The molecule has 2 atom stereocenters. The maximum Gasteiger partial charge on any atom is 0.220 e. The molecule has 0 aliphatic carbocycles. The molecule has 1 amide bonds. The lowest BCUT2D eigenvalue weighted by Crippen LogP contribution is -2.34. The van der Waals surface area contributed by atoms with Gasteiger partial charge >= 0.3 is 0 Å². The van der Waals surface area contributed by atoms with Gasteiger partial charge in [0.2, 0.25) is 5.91 Å². The zero-order valence-electron chi connectivity index (χ0n) is 14.5. The zero-order chi connectivity index (χ0) is 17.8. The van der Waals surface area contributed by atoms with Crippen LogP contribution in [0.15, 0.2) is 12.7 Å². The van der Waals surface area contributed by atoms with Gasteiger partial charge in [0.1, 0.15) is 11.9 Å². The Hall–Kier alpha value is -2.26. The second-order valence-corrected chi connectivity index (χ2v) is 7.89. The van der Waals surface area contributed by atoms with Crippen LogP contribution in [0.3, 0.4) is 0 Å². The molecule has 9 heteroatoms. The van der Waals surface area contributed by atoms with Crippen LogP contribution in [0.25, 0.3) is 11.2 Å². The highest BCUT2D eigenvalue weighted by Gasteiger charge is 2.44. The van der Waals surface area contributed by atoms with Gasteiger partial charge in [0, 0.05) is 44.5 Å². The number of nitrogens with zero attached hydrogens (tertiary/aromatic N) is 5. The van der Waals surface area contributed by atoms with E-state index < -0.39 is 5.60 Å². The van der Waals surface area contributed by atoms with Gasteiger partial charge in [0.25, 0.3) is 0 Å². The number of aliphatic hydroxyl groups is 1. The molecule has 9 nitrogen and oxygen atoms in total. The van der Waals surface area contributed by atoms with Crippen LogP contribution in [0, 0.1) is 5.41 Å². The summed E-state index contributed by atoms with van der Waals surface area (Å²) in [7, 11) is 0. The Morgan fingerprint density at radius 2 is 2.23 bits per heavy atom. The lowest BCUT2D eigenvalue weighted by Gasteiger charge is -2.23. The molecule has 0 aromatic carbocycles. The summed E-state index contributed by atoms with van der Waals surface area (Å²) in [6.45, 7) is 3.70. The molecule has 0 radical (unpaired) electrons. The van der Waals surface area contributed by atoms with Gasteiger partial charge in [-0.15, -0.1) is 0 Å². The van der Waals surface area contributed by atoms with Crippen molar-refractivity contribution in [2.75, 3.05) is 37.7 Å². The fraction of sp³-hybridized carbons (Fsp3) is 0.647. The summed E-state index contributed by atoms with van der Waals surface area (Å²) < 4.78 is 7.21. The maximum atomic E-state index is 11.7. The van der Waals surface area contributed by atoms with Crippen molar-refractivity contribution in [3.8, 4) is 0 Å². The van der Waals surface area contributed by atoms with Gasteiger partial charge in [-0.1, -0.05) is 0 Å².